The van der Waals surface area contributed by atoms with E-state index in [2.05, 4.69) is 24.0 Å². The second-order valence-electron chi connectivity index (χ2n) is 5.32. The molecule has 1 fully saturated rings. The first-order valence-electron chi connectivity index (χ1n) is 7.10. The monoisotopic (exact) mass is 251 g/mol. The van der Waals surface area contributed by atoms with Crippen LogP contribution in [0.1, 0.15) is 37.7 Å². The van der Waals surface area contributed by atoms with Crippen LogP contribution in [0.15, 0.2) is 16.5 Å². The summed E-state index contributed by atoms with van der Waals surface area (Å²) in [6.45, 7) is 6.34. The second kappa shape index (κ2) is 6.95. The molecular weight excluding hydrogens is 226 g/mol. The first kappa shape index (κ1) is 13.6. The lowest BCUT2D eigenvalue weighted by Gasteiger charge is -2.31. The Morgan fingerprint density at radius 3 is 3.00 bits per heavy atom. The van der Waals surface area contributed by atoms with Crippen LogP contribution in [0.3, 0.4) is 0 Å². The summed E-state index contributed by atoms with van der Waals surface area (Å²) in [6, 6.07) is 4.25. The summed E-state index contributed by atoms with van der Waals surface area (Å²) >= 11 is 0. The van der Waals surface area contributed by atoms with Gasteiger partial charge in [0, 0.05) is 20.1 Å². The van der Waals surface area contributed by atoms with E-state index in [1.54, 1.807) is 7.11 Å². The van der Waals surface area contributed by atoms with Gasteiger partial charge in [0.2, 0.25) is 0 Å². The van der Waals surface area contributed by atoms with Crippen LogP contribution in [0, 0.1) is 5.92 Å². The minimum atomic E-state index is 0.689. The van der Waals surface area contributed by atoms with Crippen LogP contribution >= 0.6 is 0 Å². The fourth-order valence-electron chi connectivity index (χ4n) is 2.78. The molecule has 1 aromatic rings. The van der Waals surface area contributed by atoms with Crippen LogP contribution in [0.5, 0.6) is 0 Å². The summed E-state index contributed by atoms with van der Waals surface area (Å²) in [4.78, 5) is 2.49. The van der Waals surface area contributed by atoms with Gasteiger partial charge in [0.15, 0.2) is 0 Å². The molecule has 1 aliphatic heterocycles. The van der Waals surface area contributed by atoms with E-state index in [0.717, 1.165) is 44.1 Å². The zero-order valence-electron chi connectivity index (χ0n) is 11.7. The third kappa shape index (κ3) is 3.85. The van der Waals surface area contributed by atoms with Gasteiger partial charge in [-0.25, -0.2) is 0 Å². The summed E-state index contributed by atoms with van der Waals surface area (Å²) in [5, 5.41) is 0. The maximum absolute atomic E-state index is 5.85. The lowest BCUT2D eigenvalue weighted by molar-refractivity contribution is 0.0838. The largest absolute Gasteiger partial charge is 0.465 e. The van der Waals surface area contributed by atoms with Gasteiger partial charge in [-0.2, -0.15) is 0 Å². The summed E-state index contributed by atoms with van der Waals surface area (Å²) in [6.07, 6.45) is 4.76. The molecule has 3 heteroatoms. The number of rotatable bonds is 6. The standard InChI is InChI=1S/C15H25NO2/c1-3-5-14-7-8-15(18-14)11-16-9-4-6-13(10-16)12-17-2/h7-8,13H,3-6,9-12H2,1-2H3. The minimum Gasteiger partial charge on any atom is -0.465 e. The third-order valence-electron chi connectivity index (χ3n) is 3.60. The normalized spacial score (nSPS) is 21.3. The van der Waals surface area contributed by atoms with E-state index in [1.807, 2.05) is 0 Å². The second-order valence-corrected chi connectivity index (χ2v) is 5.32. The highest BCUT2D eigenvalue weighted by Gasteiger charge is 2.20. The number of piperidine rings is 1. The molecule has 0 spiro atoms. The molecule has 0 radical (unpaired) electrons. The van der Waals surface area contributed by atoms with Crippen molar-refractivity contribution < 1.29 is 9.15 Å². The molecule has 1 aliphatic rings. The summed E-state index contributed by atoms with van der Waals surface area (Å²) < 4.78 is 11.1. The van der Waals surface area contributed by atoms with Gasteiger partial charge in [0.1, 0.15) is 11.5 Å². The van der Waals surface area contributed by atoms with Gasteiger partial charge in [0.05, 0.1) is 13.2 Å². The maximum atomic E-state index is 5.85. The first-order valence-corrected chi connectivity index (χ1v) is 7.10. The Hall–Kier alpha value is -0.800. The lowest BCUT2D eigenvalue weighted by Crippen LogP contribution is -2.36. The van der Waals surface area contributed by atoms with Crippen molar-refractivity contribution in [2.75, 3.05) is 26.8 Å². The van der Waals surface area contributed by atoms with E-state index in [-0.39, 0.29) is 0 Å². The van der Waals surface area contributed by atoms with E-state index >= 15 is 0 Å². The van der Waals surface area contributed by atoms with Crippen molar-refractivity contribution in [1.82, 2.24) is 4.90 Å². The Morgan fingerprint density at radius 2 is 2.22 bits per heavy atom. The number of hydrogen-bond donors (Lipinski definition) is 0. The Bertz CT molecular complexity index is 346. The average molecular weight is 251 g/mol. The molecule has 3 nitrogen and oxygen atoms in total. The van der Waals surface area contributed by atoms with E-state index in [0.29, 0.717) is 5.92 Å². The third-order valence-corrected chi connectivity index (χ3v) is 3.60. The quantitative estimate of drug-likeness (QED) is 0.777. The summed E-state index contributed by atoms with van der Waals surface area (Å²) in [7, 11) is 1.79. The van der Waals surface area contributed by atoms with Crippen LogP contribution in [-0.4, -0.2) is 31.7 Å². The van der Waals surface area contributed by atoms with Crippen LogP contribution in [0.4, 0.5) is 0 Å². The first-order chi connectivity index (χ1) is 8.81. The van der Waals surface area contributed by atoms with Crippen molar-refractivity contribution in [3.05, 3.63) is 23.7 Å². The van der Waals surface area contributed by atoms with Crippen molar-refractivity contribution in [2.24, 2.45) is 5.92 Å². The molecule has 1 saturated heterocycles. The molecule has 1 unspecified atom stereocenters. The highest BCUT2D eigenvalue weighted by Crippen LogP contribution is 2.20. The fourth-order valence-corrected chi connectivity index (χ4v) is 2.78. The molecule has 1 atom stereocenters. The number of nitrogens with zero attached hydrogens (tertiary/aromatic N) is 1. The molecule has 2 rings (SSSR count). The summed E-state index contributed by atoms with van der Waals surface area (Å²) in [5.41, 5.74) is 0. The highest BCUT2D eigenvalue weighted by molar-refractivity contribution is 5.07. The van der Waals surface area contributed by atoms with Crippen LogP contribution in [0.2, 0.25) is 0 Å². The molecule has 0 amide bonds. The number of furan rings is 1. The topological polar surface area (TPSA) is 25.6 Å². The molecular formula is C15H25NO2. The van der Waals surface area contributed by atoms with Gasteiger partial charge in [0.25, 0.3) is 0 Å². The van der Waals surface area contributed by atoms with Crippen molar-refractivity contribution in [2.45, 2.75) is 39.2 Å². The molecule has 0 N–H and O–H groups in total. The molecule has 0 aromatic carbocycles. The van der Waals surface area contributed by atoms with E-state index < -0.39 is 0 Å². The van der Waals surface area contributed by atoms with Crippen LogP contribution < -0.4 is 0 Å². The maximum Gasteiger partial charge on any atom is 0.118 e. The van der Waals surface area contributed by atoms with Gasteiger partial charge in [-0.1, -0.05) is 6.92 Å². The van der Waals surface area contributed by atoms with Gasteiger partial charge in [-0.05, 0) is 43.9 Å². The number of methoxy groups -OCH3 is 1. The minimum absolute atomic E-state index is 0.689. The van der Waals surface area contributed by atoms with Gasteiger partial charge < -0.3 is 9.15 Å². The highest BCUT2D eigenvalue weighted by atomic mass is 16.5. The predicted molar refractivity (Wildman–Crippen MR) is 72.6 cm³/mol. The van der Waals surface area contributed by atoms with Crippen molar-refractivity contribution >= 4 is 0 Å². The molecule has 102 valence electrons. The van der Waals surface area contributed by atoms with Crippen molar-refractivity contribution in [1.29, 1.82) is 0 Å². The van der Waals surface area contributed by atoms with E-state index in [1.165, 1.54) is 19.4 Å². The van der Waals surface area contributed by atoms with Crippen LogP contribution in [-0.2, 0) is 17.7 Å². The zero-order valence-corrected chi connectivity index (χ0v) is 11.7. The van der Waals surface area contributed by atoms with Crippen molar-refractivity contribution in [3.63, 3.8) is 0 Å². The molecule has 0 bridgehead atoms. The Morgan fingerprint density at radius 1 is 1.39 bits per heavy atom. The molecule has 0 saturated carbocycles. The Balaban J connectivity index is 1.84. The molecule has 1 aromatic heterocycles. The molecule has 0 aliphatic carbocycles. The number of ether oxygens (including phenoxy) is 1. The van der Waals surface area contributed by atoms with Gasteiger partial charge in [-0.15, -0.1) is 0 Å². The molecule has 2 heterocycles. The average Bonchev–Trinajstić information content (AvgIpc) is 2.78. The number of hydrogen-bond acceptors (Lipinski definition) is 3. The summed E-state index contributed by atoms with van der Waals surface area (Å²) in [5.74, 6) is 2.92. The zero-order chi connectivity index (χ0) is 12.8. The Labute approximate surface area is 110 Å². The van der Waals surface area contributed by atoms with Gasteiger partial charge in [-0.3, -0.25) is 4.90 Å². The SMILES string of the molecule is CCCc1ccc(CN2CCCC(COC)C2)o1. The van der Waals surface area contributed by atoms with E-state index in [4.69, 9.17) is 9.15 Å². The fraction of sp³-hybridized carbons (Fsp3) is 0.733. The van der Waals surface area contributed by atoms with E-state index in [9.17, 15) is 0 Å². The number of likely N-dealkylation sites (tertiary alicyclic amines) is 1. The smallest absolute Gasteiger partial charge is 0.118 e. The lowest BCUT2D eigenvalue weighted by atomic mass is 9.99. The Kier molecular flexibility index (Phi) is 5.26. The predicted octanol–water partition coefficient (Wildman–Crippen LogP) is 3.09. The molecule has 18 heavy (non-hydrogen) atoms. The van der Waals surface area contributed by atoms with Gasteiger partial charge >= 0.3 is 0 Å². The number of aryl methyl sites for hydroxylation is 1. The van der Waals surface area contributed by atoms with Crippen LogP contribution in [0.25, 0.3) is 0 Å². The van der Waals surface area contributed by atoms with Crippen molar-refractivity contribution in [3.8, 4) is 0 Å².